The van der Waals surface area contributed by atoms with Gasteiger partial charge in [-0.15, -0.1) is 0 Å². The summed E-state index contributed by atoms with van der Waals surface area (Å²) in [7, 11) is -1.66. The van der Waals surface area contributed by atoms with Crippen molar-refractivity contribution in [2.24, 2.45) is 5.92 Å². The maximum Gasteiger partial charge on any atom is 0.165 e. The zero-order chi connectivity index (χ0) is 23.2. The molecule has 0 aliphatic carbocycles. The predicted molar refractivity (Wildman–Crippen MR) is 128 cm³/mol. The first kappa shape index (κ1) is 23.1. The monoisotopic (exact) mass is 525 g/mol. The molecule has 0 bridgehead atoms. The lowest BCUT2D eigenvalue weighted by Crippen LogP contribution is -2.55. The highest BCUT2D eigenvalue weighted by atomic mass is 35.5. The number of halogens is 4. The molecule has 33 heavy (non-hydrogen) atoms. The van der Waals surface area contributed by atoms with Crippen LogP contribution in [0.15, 0.2) is 70.5 Å². The molecule has 3 aromatic rings. The van der Waals surface area contributed by atoms with Gasteiger partial charge in [0.15, 0.2) is 11.6 Å². The van der Waals surface area contributed by atoms with Gasteiger partial charge < -0.3 is 4.74 Å². The number of rotatable bonds is 4. The zero-order valence-corrected chi connectivity index (χ0v) is 20.4. The van der Waals surface area contributed by atoms with Crippen LogP contribution in [-0.2, 0) is 15.5 Å². The first-order chi connectivity index (χ1) is 15.9. The Morgan fingerprint density at radius 2 is 1.61 bits per heavy atom. The summed E-state index contributed by atoms with van der Waals surface area (Å²) in [4.78, 5) is 1.54. The van der Waals surface area contributed by atoms with E-state index in [0.717, 1.165) is 17.0 Å². The van der Waals surface area contributed by atoms with Crippen LogP contribution in [-0.4, -0.2) is 28.2 Å². The summed E-state index contributed by atoms with van der Waals surface area (Å²) in [6.45, 7) is 1.19. The molecule has 172 valence electrons. The van der Waals surface area contributed by atoms with Crippen LogP contribution in [0.2, 0.25) is 10.0 Å². The van der Waals surface area contributed by atoms with Crippen molar-refractivity contribution in [1.29, 1.82) is 0 Å². The molecule has 0 N–H and O–H groups in total. The van der Waals surface area contributed by atoms with Crippen LogP contribution in [0.5, 0.6) is 5.75 Å². The van der Waals surface area contributed by atoms with Crippen LogP contribution in [0.4, 0.5) is 8.78 Å². The molecule has 0 spiro atoms. The van der Waals surface area contributed by atoms with E-state index in [2.05, 4.69) is 4.31 Å². The number of fused-ring (bicyclic) bond motifs is 3. The Kier molecular flexibility index (Phi) is 6.44. The predicted octanol–water partition coefficient (Wildman–Crippen LogP) is 6.70. The minimum absolute atomic E-state index is 0.0724. The number of piperidine rings is 1. The molecule has 2 aliphatic heterocycles. The zero-order valence-electron chi connectivity index (χ0n) is 17.3. The maximum atomic E-state index is 15.3. The molecule has 1 saturated heterocycles. The fraction of sp³-hybridized carbons (Fsp3) is 0.250. The quantitative estimate of drug-likeness (QED) is 0.354. The molecule has 2 unspecified atom stereocenters. The first-order valence-electron chi connectivity index (χ1n) is 10.4. The molecule has 0 saturated carbocycles. The fourth-order valence-electron chi connectivity index (χ4n) is 4.58. The van der Waals surface area contributed by atoms with Crippen LogP contribution < -0.4 is 4.74 Å². The number of hydrogen-bond acceptors (Lipinski definition) is 4. The summed E-state index contributed by atoms with van der Waals surface area (Å²) in [5.74, 6) is -1.69. The Bertz CT molecular complexity index is 1210. The molecular formula is C24H19Cl2F2NO2S2. The molecule has 0 aromatic heterocycles. The Balaban J connectivity index is 1.55. The number of ether oxygens (including phenoxy) is 1. The minimum atomic E-state index is -1.66. The highest BCUT2D eigenvalue weighted by molar-refractivity contribution is 7.97. The van der Waals surface area contributed by atoms with Gasteiger partial charge in [-0.1, -0.05) is 23.2 Å². The lowest BCUT2D eigenvalue weighted by molar-refractivity contribution is 0.111. The van der Waals surface area contributed by atoms with Gasteiger partial charge in [0.1, 0.15) is 5.82 Å². The summed E-state index contributed by atoms with van der Waals surface area (Å²) in [6, 6.07) is 16.4. The van der Waals surface area contributed by atoms with Gasteiger partial charge in [0, 0.05) is 38.8 Å². The molecular weight excluding hydrogens is 507 g/mol. The van der Waals surface area contributed by atoms with E-state index in [4.69, 9.17) is 27.9 Å². The second kappa shape index (κ2) is 9.19. The average Bonchev–Trinajstić information content (AvgIpc) is 2.82. The van der Waals surface area contributed by atoms with Crippen LogP contribution in [0.3, 0.4) is 0 Å². The van der Waals surface area contributed by atoms with E-state index >= 15 is 4.39 Å². The molecule has 3 atom stereocenters. The van der Waals surface area contributed by atoms with Crippen molar-refractivity contribution in [3.63, 3.8) is 0 Å². The Labute approximate surface area is 207 Å². The number of benzene rings is 3. The van der Waals surface area contributed by atoms with E-state index in [9.17, 15) is 8.60 Å². The maximum absolute atomic E-state index is 15.3. The third-order valence-electron chi connectivity index (χ3n) is 6.13. The summed E-state index contributed by atoms with van der Waals surface area (Å²) < 4.78 is 50.8. The Hall–Kier alpha value is -1.64. The van der Waals surface area contributed by atoms with Crippen molar-refractivity contribution < 1.29 is 17.7 Å². The van der Waals surface area contributed by atoms with Gasteiger partial charge in [-0.2, -0.15) is 0 Å². The summed E-state index contributed by atoms with van der Waals surface area (Å²) >= 11 is 13.6. The van der Waals surface area contributed by atoms with Gasteiger partial charge in [0.25, 0.3) is 0 Å². The van der Waals surface area contributed by atoms with E-state index in [1.807, 2.05) is 24.3 Å². The topological polar surface area (TPSA) is 29.5 Å². The van der Waals surface area contributed by atoms with Gasteiger partial charge in [-0.25, -0.2) is 13.1 Å². The highest BCUT2D eigenvalue weighted by Crippen LogP contribution is 2.53. The summed E-state index contributed by atoms with van der Waals surface area (Å²) in [5, 5.41) is 1.17. The smallest absolute Gasteiger partial charge is 0.165 e. The van der Waals surface area contributed by atoms with Gasteiger partial charge in [0.05, 0.1) is 27.7 Å². The van der Waals surface area contributed by atoms with Crippen LogP contribution in [0.25, 0.3) is 0 Å². The van der Waals surface area contributed by atoms with E-state index in [-0.39, 0.29) is 23.8 Å². The van der Waals surface area contributed by atoms with E-state index in [0.29, 0.717) is 34.5 Å². The third-order valence-corrected chi connectivity index (χ3v) is 9.81. The largest absolute Gasteiger partial charge is 0.490 e. The van der Waals surface area contributed by atoms with Crippen molar-refractivity contribution in [3.05, 3.63) is 87.9 Å². The SMILES string of the molecule is O=S(c1ccc(Cl)cc1)[C@@]12CCN(Sc3ccc(Cl)cc3)CC1COc1c(F)ccc(F)c12. The van der Waals surface area contributed by atoms with Gasteiger partial charge >= 0.3 is 0 Å². The van der Waals surface area contributed by atoms with Gasteiger partial charge in [0.2, 0.25) is 0 Å². The van der Waals surface area contributed by atoms with Crippen LogP contribution in [0, 0.1) is 17.6 Å². The first-order valence-corrected chi connectivity index (χ1v) is 13.0. The van der Waals surface area contributed by atoms with Crippen LogP contribution >= 0.6 is 35.1 Å². The molecule has 5 rings (SSSR count). The molecule has 2 aliphatic rings. The standard InChI is InChI=1S/C24H19Cl2F2NO2S2/c25-16-1-5-18(6-2-16)32-29-12-11-24(33(30)19-7-3-17(26)4-8-19)15(13-29)14-31-23-21(28)10-9-20(27)22(23)24/h1-10,15H,11-14H2/t15?,24-,33?/m0/s1. The van der Waals surface area contributed by atoms with Crippen molar-refractivity contribution in [3.8, 4) is 5.75 Å². The van der Waals surface area contributed by atoms with E-state index in [1.165, 1.54) is 0 Å². The molecule has 3 aromatic carbocycles. The lowest BCUT2D eigenvalue weighted by atomic mass is 9.78. The second-order valence-electron chi connectivity index (χ2n) is 8.04. The summed E-state index contributed by atoms with van der Waals surface area (Å²) in [5.41, 5.74) is 0.0724. The van der Waals surface area contributed by atoms with Crippen molar-refractivity contribution in [1.82, 2.24) is 4.31 Å². The van der Waals surface area contributed by atoms with Crippen LogP contribution in [0.1, 0.15) is 12.0 Å². The van der Waals surface area contributed by atoms with Crippen molar-refractivity contribution in [2.45, 2.75) is 21.0 Å². The fourth-order valence-corrected chi connectivity index (χ4v) is 7.73. The average molecular weight is 526 g/mol. The molecule has 2 heterocycles. The summed E-state index contributed by atoms with van der Waals surface area (Å²) in [6.07, 6.45) is 0.379. The third kappa shape index (κ3) is 4.19. The molecule has 9 heteroatoms. The lowest BCUT2D eigenvalue weighted by Gasteiger charge is -2.49. The van der Waals surface area contributed by atoms with Crippen molar-refractivity contribution >= 4 is 45.9 Å². The Morgan fingerprint density at radius 3 is 2.30 bits per heavy atom. The number of hydrogen-bond donors (Lipinski definition) is 0. The number of nitrogens with zero attached hydrogens (tertiary/aromatic N) is 1. The highest BCUT2D eigenvalue weighted by Gasteiger charge is 2.55. The van der Waals surface area contributed by atoms with Gasteiger partial charge in [-0.05, 0) is 79.0 Å². The minimum Gasteiger partial charge on any atom is -0.490 e. The van der Waals surface area contributed by atoms with E-state index < -0.39 is 27.2 Å². The van der Waals surface area contributed by atoms with E-state index in [1.54, 1.807) is 36.2 Å². The molecule has 0 radical (unpaired) electrons. The molecule has 1 fully saturated rings. The normalized spacial score (nSPS) is 23.3. The Morgan fingerprint density at radius 1 is 0.970 bits per heavy atom. The second-order valence-corrected chi connectivity index (χ2v) is 11.8. The molecule has 3 nitrogen and oxygen atoms in total. The van der Waals surface area contributed by atoms with Gasteiger partial charge in [-0.3, -0.25) is 4.21 Å². The molecule has 0 amide bonds. The van der Waals surface area contributed by atoms with Crippen molar-refractivity contribution in [2.75, 3.05) is 19.7 Å².